The fraction of sp³-hybridized carbons (Fsp3) is 0.286. The molecule has 7 heteroatoms. The van der Waals surface area contributed by atoms with Gasteiger partial charge in [-0.3, -0.25) is 14.2 Å². The molecule has 1 fully saturated rings. The zero-order chi connectivity index (χ0) is 19.7. The van der Waals surface area contributed by atoms with E-state index in [1.807, 2.05) is 35.2 Å². The molecule has 3 aromatic rings. The summed E-state index contributed by atoms with van der Waals surface area (Å²) >= 11 is 6.08. The summed E-state index contributed by atoms with van der Waals surface area (Å²) in [5, 5.41) is 1.23. The number of fused-ring (bicyclic) bond motifs is 1. The summed E-state index contributed by atoms with van der Waals surface area (Å²) in [5.41, 5.74) is 1.50. The molecule has 1 aliphatic heterocycles. The van der Waals surface area contributed by atoms with E-state index >= 15 is 0 Å². The fourth-order valence-electron chi connectivity index (χ4n) is 3.60. The number of piperazine rings is 1. The molecule has 4 rings (SSSR count). The summed E-state index contributed by atoms with van der Waals surface area (Å²) in [7, 11) is 0. The average molecular weight is 397 g/mol. The van der Waals surface area contributed by atoms with Crippen LogP contribution in [0.2, 0.25) is 5.02 Å². The number of aromatic nitrogens is 2. The molecule has 6 nitrogen and oxygen atoms in total. The molecule has 1 atom stereocenters. The molecule has 0 saturated carbocycles. The van der Waals surface area contributed by atoms with E-state index in [0.717, 1.165) is 18.8 Å². The first-order valence-electron chi connectivity index (χ1n) is 9.30. The van der Waals surface area contributed by atoms with Gasteiger partial charge in [-0.05, 0) is 37.3 Å². The van der Waals surface area contributed by atoms with E-state index in [9.17, 15) is 9.59 Å². The van der Waals surface area contributed by atoms with E-state index in [1.165, 1.54) is 10.9 Å². The number of carbonyl (C=O) groups is 1. The summed E-state index contributed by atoms with van der Waals surface area (Å²) in [6, 6.07) is 14.3. The number of nitrogens with zero attached hydrogens (tertiary/aromatic N) is 4. The van der Waals surface area contributed by atoms with Crippen LogP contribution in [-0.4, -0.2) is 46.5 Å². The van der Waals surface area contributed by atoms with Crippen LogP contribution >= 0.6 is 11.6 Å². The molecule has 0 radical (unpaired) electrons. The van der Waals surface area contributed by atoms with Gasteiger partial charge in [0.1, 0.15) is 6.04 Å². The number of para-hydroxylation sites is 1. The van der Waals surface area contributed by atoms with Gasteiger partial charge in [-0.25, -0.2) is 4.98 Å². The largest absolute Gasteiger partial charge is 0.368 e. The summed E-state index contributed by atoms with van der Waals surface area (Å²) in [6.45, 7) is 4.41. The second-order valence-corrected chi connectivity index (χ2v) is 7.38. The van der Waals surface area contributed by atoms with Crippen molar-refractivity contribution in [2.24, 2.45) is 0 Å². The first-order chi connectivity index (χ1) is 13.5. The van der Waals surface area contributed by atoms with Gasteiger partial charge in [0.2, 0.25) is 5.91 Å². The molecule has 0 spiro atoms. The number of carbonyl (C=O) groups excluding carboxylic acids is 1. The Bertz CT molecular complexity index is 1070. The molecular weight excluding hydrogens is 376 g/mol. The van der Waals surface area contributed by atoms with Crippen molar-refractivity contribution in [3.63, 3.8) is 0 Å². The van der Waals surface area contributed by atoms with Gasteiger partial charge in [-0.15, -0.1) is 0 Å². The average Bonchev–Trinajstić information content (AvgIpc) is 2.73. The third-order valence-corrected chi connectivity index (χ3v) is 5.46. The van der Waals surface area contributed by atoms with Crippen molar-refractivity contribution in [2.45, 2.75) is 13.0 Å². The quantitative estimate of drug-likeness (QED) is 0.683. The van der Waals surface area contributed by atoms with Gasteiger partial charge in [-0.1, -0.05) is 29.8 Å². The number of amides is 1. The van der Waals surface area contributed by atoms with E-state index in [-0.39, 0.29) is 11.5 Å². The molecule has 1 amide bonds. The highest BCUT2D eigenvalue weighted by Gasteiger charge is 2.27. The minimum atomic E-state index is -0.595. The van der Waals surface area contributed by atoms with Crippen LogP contribution in [0.3, 0.4) is 0 Å². The summed E-state index contributed by atoms with van der Waals surface area (Å²) < 4.78 is 1.42. The molecule has 0 bridgehead atoms. The van der Waals surface area contributed by atoms with Gasteiger partial charge in [0, 0.05) is 36.9 Å². The predicted octanol–water partition coefficient (Wildman–Crippen LogP) is 2.96. The number of hydrogen-bond acceptors (Lipinski definition) is 4. The SMILES string of the molecule is CC(C(=O)N1CCN(c2cccc(Cl)c2)CC1)n1cnc2ccccc2c1=O. The molecule has 1 aromatic heterocycles. The zero-order valence-corrected chi connectivity index (χ0v) is 16.3. The first-order valence-corrected chi connectivity index (χ1v) is 9.67. The van der Waals surface area contributed by atoms with Gasteiger partial charge >= 0.3 is 0 Å². The van der Waals surface area contributed by atoms with E-state index in [4.69, 9.17) is 11.6 Å². The van der Waals surface area contributed by atoms with Crippen molar-refractivity contribution in [3.8, 4) is 0 Å². The van der Waals surface area contributed by atoms with Crippen molar-refractivity contribution in [3.05, 3.63) is 70.2 Å². The number of halogens is 1. The van der Waals surface area contributed by atoms with Crippen LogP contribution in [0.5, 0.6) is 0 Å². The Balaban J connectivity index is 1.48. The lowest BCUT2D eigenvalue weighted by molar-refractivity contribution is -0.134. The minimum Gasteiger partial charge on any atom is -0.368 e. The van der Waals surface area contributed by atoms with E-state index in [2.05, 4.69) is 9.88 Å². The number of hydrogen-bond donors (Lipinski definition) is 0. The Hall–Kier alpha value is -2.86. The van der Waals surface area contributed by atoms with Gasteiger partial charge < -0.3 is 9.80 Å². The Morgan fingerprint density at radius 3 is 2.57 bits per heavy atom. The molecule has 2 aromatic carbocycles. The van der Waals surface area contributed by atoms with Crippen LogP contribution in [0.4, 0.5) is 5.69 Å². The van der Waals surface area contributed by atoms with Crippen LogP contribution in [-0.2, 0) is 4.79 Å². The predicted molar refractivity (Wildman–Crippen MR) is 111 cm³/mol. The first kappa shape index (κ1) is 18.5. The maximum atomic E-state index is 13.0. The lowest BCUT2D eigenvalue weighted by Crippen LogP contribution is -2.51. The Kier molecular flexibility index (Phi) is 5.05. The van der Waals surface area contributed by atoms with E-state index in [1.54, 1.807) is 25.1 Å². The van der Waals surface area contributed by atoms with Crippen LogP contribution in [0.1, 0.15) is 13.0 Å². The van der Waals surface area contributed by atoms with Crippen LogP contribution in [0.25, 0.3) is 10.9 Å². The van der Waals surface area contributed by atoms with Crippen molar-refractivity contribution in [1.82, 2.24) is 14.5 Å². The standard InChI is InChI=1S/C21H21ClN4O2/c1-15(26-14-23-19-8-3-2-7-18(19)21(26)28)20(27)25-11-9-24(10-12-25)17-6-4-5-16(22)13-17/h2-8,13-15H,9-12H2,1H3. The minimum absolute atomic E-state index is 0.0649. The Labute approximate surface area is 168 Å². The normalized spacial score (nSPS) is 15.6. The van der Waals surface area contributed by atoms with Crippen LogP contribution in [0.15, 0.2) is 59.7 Å². The van der Waals surface area contributed by atoms with Crippen LogP contribution in [0, 0.1) is 0 Å². The molecule has 0 aliphatic carbocycles. The second kappa shape index (κ2) is 7.64. The molecule has 1 saturated heterocycles. The third kappa shape index (κ3) is 3.47. The summed E-state index contributed by atoms with van der Waals surface area (Å²) in [6.07, 6.45) is 1.47. The fourth-order valence-corrected chi connectivity index (χ4v) is 3.78. The van der Waals surface area contributed by atoms with Crippen molar-refractivity contribution in [1.29, 1.82) is 0 Å². The smallest absolute Gasteiger partial charge is 0.261 e. The molecule has 144 valence electrons. The van der Waals surface area contributed by atoms with Crippen molar-refractivity contribution >= 4 is 34.1 Å². The zero-order valence-electron chi connectivity index (χ0n) is 15.6. The van der Waals surface area contributed by atoms with E-state index in [0.29, 0.717) is 29.0 Å². The molecular formula is C21H21ClN4O2. The lowest BCUT2D eigenvalue weighted by Gasteiger charge is -2.37. The number of benzene rings is 2. The molecule has 28 heavy (non-hydrogen) atoms. The summed E-state index contributed by atoms with van der Waals surface area (Å²) in [5.74, 6) is -0.0649. The lowest BCUT2D eigenvalue weighted by atomic mass is 10.2. The highest BCUT2D eigenvalue weighted by atomic mass is 35.5. The summed E-state index contributed by atoms with van der Waals surface area (Å²) in [4.78, 5) is 34.1. The Morgan fingerprint density at radius 1 is 1.07 bits per heavy atom. The van der Waals surface area contributed by atoms with Crippen LogP contribution < -0.4 is 10.5 Å². The topological polar surface area (TPSA) is 58.4 Å². The monoisotopic (exact) mass is 396 g/mol. The second-order valence-electron chi connectivity index (χ2n) is 6.94. The number of rotatable bonds is 3. The Morgan fingerprint density at radius 2 is 1.82 bits per heavy atom. The highest BCUT2D eigenvalue weighted by Crippen LogP contribution is 2.21. The van der Waals surface area contributed by atoms with Gasteiger partial charge in [-0.2, -0.15) is 0 Å². The van der Waals surface area contributed by atoms with Gasteiger partial charge in [0.25, 0.3) is 5.56 Å². The molecule has 1 unspecified atom stereocenters. The van der Waals surface area contributed by atoms with Crippen molar-refractivity contribution < 1.29 is 4.79 Å². The number of anilines is 1. The third-order valence-electron chi connectivity index (χ3n) is 5.23. The molecule has 1 aliphatic rings. The van der Waals surface area contributed by atoms with Gasteiger partial charge in [0.05, 0.1) is 17.2 Å². The van der Waals surface area contributed by atoms with Crippen molar-refractivity contribution in [2.75, 3.05) is 31.1 Å². The van der Waals surface area contributed by atoms with Gasteiger partial charge in [0.15, 0.2) is 0 Å². The maximum absolute atomic E-state index is 13.0. The highest BCUT2D eigenvalue weighted by molar-refractivity contribution is 6.30. The maximum Gasteiger partial charge on any atom is 0.261 e. The van der Waals surface area contributed by atoms with E-state index < -0.39 is 6.04 Å². The molecule has 2 heterocycles. The molecule has 0 N–H and O–H groups in total.